The van der Waals surface area contributed by atoms with Crippen molar-refractivity contribution in [3.63, 3.8) is 0 Å². The maximum atomic E-state index is 13.8. The molecular weight excluding hydrogens is 363 g/mol. The van der Waals surface area contributed by atoms with Gasteiger partial charge < -0.3 is 11.2 Å². The average molecular weight is 374 g/mol. The zero-order chi connectivity index (χ0) is 17.8. The van der Waals surface area contributed by atoms with Crippen molar-refractivity contribution in [2.45, 2.75) is 5.16 Å². The Kier molecular flexibility index (Phi) is 4.97. The first-order valence-corrected chi connectivity index (χ1v) is 8.82. The van der Waals surface area contributed by atoms with Crippen molar-refractivity contribution >= 4 is 34.0 Å². The predicted molar refractivity (Wildman–Crippen MR) is 94.0 cm³/mol. The van der Waals surface area contributed by atoms with Crippen molar-refractivity contribution in [2.24, 2.45) is 0 Å². The number of halogens is 1. The number of rotatable bonds is 5. The Morgan fingerprint density at radius 3 is 2.96 bits per heavy atom. The maximum absolute atomic E-state index is 13.8. The molecule has 2 heterocycles. The summed E-state index contributed by atoms with van der Waals surface area (Å²) in [5.41, 5.74) is 0.637. The van der Waals surface area contributed by atoms with Gasteiger partial charge in [-0.1, -0.05) is 23.9 Å². The van der Waals surface area contributed by atoms with Crippen LogP contribution in [-0.4, -0.2) is 26.5 Å². The molecule has 0 bridgehead atoms. The van der Waals surface area contributed by atoms with Crippen LogP contribution in [0, 0.1) is 17.1 Å². The number of nitrogens with zero attached hydrogens (tertiary/aromatic N) is 4. The molecule has 0 aliphatic carbocycles. The van der Waals surface area contributed by atoms with Crippen molar-refractivity contribution < 1.29 is 9.18 Å². The molecule has 0 aliphatic heterocycles. The van der Waals surface area contributed by atoms with Gasteiger partial charge in [-0.25, -0.2) is 9.07 Å². The van der Waals surface area contributed by atoms with Gasteiger partial charge in [0, 0.05) is 0 Å². The highest BCUT2D eigenvalue weighted by molar-refractivity contribution is 7.99. The van der Waals surface area contributed by atoms with E-state index >= 15 is 0 Å². The van der Waals surface area contributed by atoms with Crippen LogP contribution in [0.4, 0.5) is 9.39 Å². The summed E-state index contributed by atoms with van der Waals surface area (Å²) in [6.45, 7) is 0. The molecular formula is C15H11FN6OS2. The largest absolute Gasteiger partial charge is 0.335 e. The summed E-state index contributed by atoms with van der Waals surface area (Å²) in [7, 11) is 0. The van der Waals surface area contributed by atoms with E-state index in [4.69, 9.17) is 11.1 Å². The summed E-state index contributed by atoms with van der Waals surface area (Å²) >= 11 is 2.33. The van der Waals surface area contributed by atoms with Gasteiger partial charge in [-0.2, -0.15) is 5.26 Å². The van der Waals surface area contributed by atoms with Crippen LogP contribution in [0.5, 0.6) is 0 Å². The molecule has 0 atom stereocenters. The van der Waals surface area contributed by atoms with E-state index in [-0.39, 0.29) is 28.2 Å². The zero-order valence-electron chi connectivity index (χ0n) is 12.6. The molecule has 3 aromatic rings. The van der Waals surface area contributed by atoms with E-state index < -0.39 is 5.82 Å². The third kappa shape index (κ3) is 3.62. The number of thiophene rings is 1. The minimum absolute atomic E-state index is 0.0232. The Balaban J connectivity index is 1.68. The second-order valence-electron chi connectivity index (χ2n) is 4.77. The van der Waals surface area contributed by atoms with E-state index in [0.717, 1.165) is 16.4 Å². The topological polar surface area (TPSA) is 110 Å². The first-order chi connectivity index (χ1) is 12.1. The Morgan fingerprint density at radius 1 is 1.40 bits per heavy atom. The standard InChI is InChI=1S/C15H11FN6OS2/c16-11-4-2-1-3-10(11)13-20-21-15(22(13)18)25-8-12(23)19-14-9(7-17)5-6-24-14/h1-6H,8,18H2,(H,19,23). The van der Waals surface area contributed by atoms with E-state index in [1.165, 1.54) is 17.4 Å². The molecule has 0 fully saturated rings. The fourth-order valence-electron chi connectivity index (χ4n) is 1.99. The molecule has 0 aliphatic rings. The van der Waals surface area contributed by atoms with Gasteiger partial charge in [0.2, 0.25) is 11.1 Å². The summed E-state index contributed by atoms with van der Waals surface area (Å²) in [4.78, 5) is 12.0. The monoisotopic (exact) mass is 374 g/mol. The number of amides is 1. The lowest BCUT2D eigenvalue weighted by atomic mass is 10.2. The Hall–Kier alpha value is -2.90. The lowest BCUT2D eigenvalue weighted by Crippen LogP contribution is -2.16. The lowest BCUT2D eigenvalue weighted by Gasteiger charge is -2.05. The number of nitrogens with one attached hydrogen (secondary N) is 1. The highest BCUT2D eigenvalue weighted by Gasteiger charge is 2.16. The van der Waals surface area contributed by atoms with E-state index in [9.17, 15) is 9.18 Å². The van der Waals surface area contributed by atoms with Crippen LogP contribution in [0.25, 0.3) is 11.4 Å². The third-order valence-electron chi connectivity index (χ3n) is 3.15. The number of hydrogen-bond acceptors (Lipinski definition) is 7. The molecule has 10 heteroatoms. The number of hydrogen-bond donors (Lipinski definition) is 2. The number of carbonyl (C=O) groups is 1. The van der Waals surface area contributed by atoms with Gasteiger partial charge in [-0.05, 0) is 23.6 Å². The molecule has 0 spiro atoms. The molecule has 126 valence electrons. The summed E-state index contributed by atoms with van der Waals surface area (Å²) < 4.78 is 15.0. The van der Waals surface area contributed by atoms with E-state index in [1.807, 2.05) is 6.07 Å². The average Bonchev–Trinajstić information content (AvgIpc) is 3.20. The molecule has 7 nitrogen and oxygen atoms in total. The molecule has 2 aromatic heterocycles. The van der Waals surface area contributed by atoms with Crippen LogP contribution in [0.2, 0.25) is 0 Å². The Morgan fingerprint density at radius 2 is 2.20 bits per heavy atom. The van der Waals surface area contributed by atoms with Gasteiger partial charge in [-0.3, -0.25) is 4.79 Å². The van der Waals surface area contributed by atoms with Crippen LogP contribution in [0.15, 0.2) is 40.9 Å². The Bertz CT molecular complexity index is 961. The SMILES string of the molecule is N#Cc1ccsc1NC(=O)CSc1nnc(-c2ccccc2F)n1N. The number of nitriles is 1. The summed E-state index contributed by atoms with van der Waals surface area (Å²) in [6.07, 6.45) is 0. The van der Waals surface area contributed by atoms with E-state index in [1.54, 1.807) is 29.6 Å². The molecule has 0 radical (unpaired) electrons. The summed E-state index contributed by atoms with van der Waals surface area (Å²) in [6, 6.07) is 9.71. The molecule has 3 rings (SSSR count). The second kappa shape index (κ2) is 7.33. The fourth-order valence-corrected chi connectivity index (χ4v) is 3.40. The van der Waals surface area contributed by atoms with Gasteiger partial charge in [0.1, 0.15) is 16.9 Å². The number of nitrogen functional groups attached to an aromatic ring is 1. The van der Waals surface area contributed by atoms with Crippen LogP contribution in [0.3, 0.4) is 0 Å². The maximum Gasteiger partial charge on any atom is 0.235 e. The lowest BCUT2D eigenvalue weighted by molar-refractivity contribution is -0.113. The highest BCUT2D eigenvalue weighted by Crippen LogP contribution is 2.25. The van der Waals surface area contributed by atoms with Gasteiger partial charge in [0.15, 0.2) is 5.82 Å². The van der Waals surface area contributed by atoms with Gasteiger partial charge in [-0.15, -0.1) is 21.5 Å². The van der Waals surface area contributed by atoms with Crippen LogP contribution in [-0.2, 0) is 4.79 Å². The van der Waals surface area contributed by atoms with Crippen LogP contribution < -0.4 is 11.2 Å². The minimum atomic E-state index is -0.461. The molecule has 1 amide bonds. The highest BCUT2D eigenvalue weighted by atomic mass is 32.2. The van der Waals surface area contributed by atoms with Crippen molar-refractivity contribution in [1.29, 1.82) is 5.26 Å². The van der Waals surface area contributed by atoms with Crippen LogP contribution >= 0.6 is 23.1 Å². The van der Waals surface area contributed by atoms with Crippen molar-refractivity contribution in [2.75, 3.05) is 16.9 Å². The molecule has 0 saturated carbocycles. The van der Waals surface area contributed by atoms with E-state index in [0.29, 0.717) is 10.6 Å². The summed E-state index contributed by atoms with van der Waals surface area (Å²) in [5, 5.41) is 21.9. The molecule has 3 N–H and O–H groups in total. The minimum Gasteiger partial charge on any atom is -0.335 e. The van der Waals surface area contributed by atoms with Gasteiger partial charge >= 0.3 is 0 Å². The predicted octanol–water partition coefficient (Wildman–Crippen LogP) is 2.46. The van der Waals surface area contributed by atoms with Crippen molar-refractivity contribution in [1.82, 2.24) is 14.9 Å². The van der Waals surface area contributed by atoms with Crippen LogP contribution in [0.1, 0.15) is 5.56 Å². The molecule has 1 aromatic carbocycles. The fraction of sp³-hybridized carbons (Fsp3) is 0.0667. The number of benzene rings is 1. The number of anilines is 1. The first kappa shape index (κ1) is 16.9. The zero-order valence-corrected chi connectivity index (χ0v) is 14.3. The first-order valence-electron chi connectivity index (χ1n) is 6.95. The van der Waals surface area contributed by atoms with Gasteiger partial charge in [0.05, 0.1) is 16.9 Å². The van der Waals surface area contributed by atoms with E-state index in [2.05, 4.69) is 15.5 Å². The smallest absolute Gasteiger partial charge is 0.235 e. The Labute approximate surface area is 150 Å². The number of aromatic nitrogens is 3. The number of thioether (sulfide) groups is 1. The molecule has 25 heavy (non-hydrogen) atoms. The van der Waals surface area contributed by atoms with Gasteiger partial charge in [0.25, 0.3) is 0 Å². The quantitative estimate of drug-likeness (QED) is 0.524. The number of carbonyl (C=O) groups excluding carboxylic acids is 1. The van der Waals surface area contributed by atoms with Crippen molar-refractivity contribution in [3.05, 3.63) is 47.1 Å². The third-order valence-corrected chi connectivity index (χ3v) is 4.92. The molecule has 0 unspecified atom stereocenters. The summed E-state index contributed by atoms with van der Waals surface area (Å²) in [5.74, 6) is 5.33. The molecule has 0 saturated heterocycles. The van der Waals surface area contributed by atoms with Crippen molar-refractivity contribution in [3.8, 4) is 17.5 Å². The second-order valence-corrected chi connectivity index (χ2v) is 6.63. The number of nitrogens with two attached hydrogens (primary N) is 1. The normalized spacial score (nSPS) is 10.4.